The number of benzene rings is 8. The highest BCUT2D eigenvalue weighted by Gasteiger charge is 2.57. The van der Waals surface area contributed by atoms with Gasteiger partial charge in [-0.1, -0.05) is 163 Å². The van der Waals surface area contributed by atoms with Gasteiger partial charge in [-0.3, -0.25) is 0 Å². The van der Waals surface area contributed by atoms with Crippen molar-refractivity contribution in [3.05, 3.63) is 192 Å². The molecule has 0 unspecified atom stereocenters. The van der Waals surface area contributed by atoms with Gasteiger partial charge in [-0.15, -0.1) is 0 Å². The molecule has 0 fully saturated rings. The van der Waals surface area contributed by atoms with Crippen molar-refractivity contribution in [1.82, 2.24) is 0 Å². The largest absolute Gasteiger partial charge is 0.321 e. The van der Waals surface area contributed by atoms with Gasteiger partial charge in [0.05, 0.1) is 36.1 Å². The SMILES string of the molecule is CC(C)(C)c1cccc(N2CN(C3(N4CN(c5cccc(C(C)(C)C)c5)c5cc6ccccc6cc54)c4ccccc4-c4ccccc43)c3cc4ccccc4cc32)c1. The molecule has 2 heterocycles. The number of rotatable bonds is 4. The maximum absolute atomic E-state index is 2.73. The third kappa shape index (κ3) is 5.35. The van der Waals surface area contributed by atoms with Gasteiger partial charge in [-0.2, -0.15) is 0 Å². The fraction of sp³-hybridized carbons (Fsp3) is 0.200. The van der Waals surface area contributed by atoms with Crippen molar-refractivity contribution in [2.45, 2.75) is 58.0 Å². The second kappa shape index (κ2) is 12.7. The average Bonchev–Trinajstić information content (AvgIpc) is 3.90. The summed E-state index contributed by atoms with van der Waals surface area (Å²) in [6.45, 7) is 15.2. The molecule has 59 heavy (non-hydrogen) atoms. The van der Waals surface area contributed by atoms with Gasteiger partial charge in [-0.25, -0.2) is 0 Å². The van der Waals surface area contributed by atoms with Crippen molar-refractivity contribution in [2.75, 3.05) is 32.9 Å². The molecule has 0 radical (unpaired) electrons. The summed E-state index contributed by atoms with van der Waals surface area (Å²) in [5.41, 5.74) is 14.5. The molecule has 1 aliphatic carbocycles. The molecule has 4 nitrogen and oxygen atoms in total. The fourth-order valence-corrected chi connectivity index (χ4v) is 10.1. The molecule has 3 aliphatic rings. The van der Waals surface area contributed by atoms with Crippen molar-refractivity contribution in [1.29, 1.82) is 0 Å². The Balaban J connectivity index is 1.21. The van der Waals surface area contributed by atoms with Crippen LogP contribution in [0.1, 0.15) is 63.8 Å². The van der Waals surface area contributed by atoms with Crippen molar-refractivity contribution in [2.24, 2.45) is 0 Å². The van der Waals surface area contributed by atoms with Crippen LogP contribution >= 0.6 is 0 Å². The van der Waals surface area contributed by atoms with Gasteiger partial charge >= 0.3 is 0 Å². The van der Waals surface area contributed by atoms with E-state index in [0.717, 1.165) is 0 Å². The summed E-state index contributed by atoms with van der Waals surface area (Å²) in [5.74, 6) is 0. The van der Waals surface area contributed by atoms with Crippen LogP contribution in [-0.4, -0.2) is 13.3 Å². The highest BCUT2D eigenvalue weighted by Crippen LogP contribution is 2.61. The molecule has 0 saturated carbocycles. The summed E-state index contributed by atoms with van der Waals surface area (Å²) in [4.78, 5) is 10.6. The third-order valence-electron chi connectivity index (χ3n) is 13.1. The molecule has 8 aromatic carbocycles. The molecule has 11 rings (SSSR count). The van der Waals surface area contributed by atoms with E-state index >= 15 is 0 Å². The Morgan fingerprint density at radius 3 is 1.12 bits per heavy atom. The van der Waals surface area contributed by atoms with E-state index in [2.05, 4.69) is 231 Å². The van der Waals surface area contributed by atoms with Crippen LogP contribution in [0.25, 0.3) is 32.7 Å². The predicted molar refractivity (Wildman–Crippen MR) is 250 cm³/mol. The third-order valence-corrected chi connectivity index (χ3v) is 13.1. The molecule has 290 valence electrons. The Morgan fingerprint density at radius 1 is 0.373 bits per heavy atom. The molecule has 0 spiro atoms. The lowest BCUT2D eigenvalue weighted by atomic mass is 9.87. The summed E-state index contributed by atoms with van der Waals surface area (Å²) >= 11 is 0. The molecular formula is C55H50N4. The van der Waals surface area contributed by atoms with E-state index in [0.29, 0.717) is 13.3 Å². The van der Waals surface area contributed by atoms with E-state index in [1.807, 2.05) is 0 Å². The number of anilines is 6. The van der Waals surface area contributed by atoms with Crippen LogP contribution < -0.4 is 19.6 Å². The Morgan fingerprint density at radius 2 is 0.729 bits per heavy atom. The van der Waals surface area contributed by atoms with Crippen molar-refractivity contribution in [3.8, 4) is 11.1 Å². The fourth-order valence-electron chi connectivity index (χ4n) is 10.1. The first-order chi connectivity index (χ1) is 28.5. The van der Waals surface area contributed by atoms with E-state index < -0.39 is 5.66 Å². The first-order valence-corrected chi connectivity index (χ1v) is 21.1. The molecular weight excluding hydrogens is 717 g/mol. The molecule has 2 aliphatic heterocycles. The molecule has 0 bridgehead atoms. The minimum absolute atomic E-state index is 0.0159. The van der Waals surface area contributed by atoms with Crippen molar-refractivity contribution in [3.63, 3.8) is 0 Å². The van der Waals surface area contributed by atoms with Crippen LogP contribution in [0.2, 0.25) is 0 Å². The van der Waals surface area contributed by atoms with E-state index in [1.54, 1.807) is 0 Å². The Labute approximate surface area is 348 Å². The molecule has 8 aromatic rings. The molecule has 0 amide bonds. The van der Waals surface area contributed by atoms with E-state index in [-0.39, 0.29) is 10.8 Å². The quantitative estimate of drug-likeness (QED) is 0.177. The first-order valence-electron chi connectivity index (χ1n) is 21.1. The number of hydrogen-bond acceptors (Lipinski definition) is 4. The van der Waals surface area contributed by atoms with Gasteiger partial charge in [0.15, 0.2) is 5.66 Å². The lowest BCUT2D eigenvalue weighted by Crippen LogP contribution is -2.59. The van der Waals surface area contributed by atoms with Crippen molar-refractivity contribution < 1.29 is 0 Å². The van der Waals surface area contributed by atoms with Crippen LogP contribution in [-0.2, 0) is 16.5 Å². The van der Waals surface area contributed by atoms with E-state index in [9.17, 15) is 0 Å². The van der Waals surface area contributed by atoms with Crippen LogP contribution in [0.5, 0.6) is 0 Å². The maximum Gasteiger partial charge on any atom is 0.170 e. The van der Waals surface area contributed by atoms with Gasteiger partial charge in [-0.05, 0) is 103 Å². The average molecular weight is 767 g/mol. The second-order valence-electron chi connectivity index (χ2n) is 18.7. The minimum Gasteiger partial charge on any atom is -0.321 e. The molecule has 4 heteroatoms. The summed E-state index contributed by atoms with van der Waals surface area (Å²) in [7, 11) is 0. The van der Waals surface area contributed by atoms with Gasteiger partial charge in [0, 0.05) is 22.5 Å². The van der Waals surface area contributed by atoms with Crippen LogP contribution in [0.4, 0.5) is 34.1 Å². The molecule has 0 atom stereocenters. The lowest BCUT2D eigenvalue weighted by Gasteiger charge is -2.49. The van der Waals surface area contributed by atoms with Crippen LogP contribution in [0.15, 0.2) is 170 Å². The lowest BCUT2D eigenvalue weighted by molar-refractivity contribution is 0.472. The van der Waals surface area contributed by atoms with Gasteiger partial charge in [0.1, 0.15) is 0 Å². The normalized spacial score (nSPS) is 15.5. The highest BCUT2D eigenvalue weighted by molar-refractivity contribution is 6.01. The summed E-state index contributed by atoms with van der Waals surface area (Å²) in [6, 6.07) is 64.2. The Kier molecular flexibility index (Phi) is 7.69. The Bertz CT molecular complexity index is 2760. The first kappa shape index (κ1) is 35.6. The van der Waals surface area contributed by atoms with Gasteiger partial charge in [0.25, 0.3) is 0 Å². The topological polar surface area (TPSA) is 13.0 Å². The van der Waals surface area contributed by atoms with E-state index in [4.69, 9.17) is 0 Å². The monoisotopic (exact) mass is 766 g/mol. The van der Waals surface area contributed by atoms with Crippen LogP contribution in [0.3, 0.4) is 0 Å². The molecule has 0 aromatic heterocycles. The molecule has 0 saturated heterocycles. The summed E-state index contributed by atoms with van der Waals surface area (Å²) in [5, 5.41) is 4.97. The second-order valence-corrected chi connectivity index (χ2v) is 18.7. The predicted octanol–water partition coefficient (Wildman–Crippen LogP) is 14.0. The summed E-state index contributed by atoms with van der Waals surface area (Å²) in [6.07, 6.45) is 0. The zero-order valence-electron chi connectivity index (χ0n) is 34.9. The van der Waals surface area contributed by atoms with E-state index in [1.165, 1.54) is 89.0 Å². The zero-order chi connectivity index (χ0) is 40.3. The van der Waals surface area contributed by atoms with Crippen molar-refractivity contribution >= 4 is 55.7 Å². The number of hydrogen-bond donors (Lipinski definition) is 0. The zero-order valence-corrected chi connectivity index (χ0v) is 34.9. The number of nitrogens with zero attached hydrogens (tertiary/aromatic N) is 4. The minimum atomic E-state index is -0.714. The smallest absolute Gasteiger partial charge is 0.170 e. The molecule has 0 N–H and O–H groups in total. The highest BCUT2D eigenvalue weighted by atomic mass is 15.5. The Hall–Kier alpha value is -6.52. The summed E-state index contributed by atoms with van der Waals surface area (Å²) < 4.78 is 0. The number of fused-ring (bicyclic) bond motifs is 7. The van der Waals surface area contributed by atoms with Gasteiger partial charge < -0.3 is 19.6 Å². The van der Waals surface area contributed by atoms with Crippen LogP contribution in [0, 0.1) is 0 Å². The standard InChI is InChI=1S/C55H50N4/c1-53(2,3)41-21-15-23-43(33-41)56-35-58(51-31-39-19-9-7-17-37(39)29-49(51)56)55(47-27-13-11-25-45(47)46-26-12-14-28-48(46)55)59-36-57(44-24-16-22-42(34-44)54(4,5)6)50-30-38-18-8-10-20-40(38)32-52(50)59/h7-34H,35-36H2,1-6H3. The van der Waals surface area contributed by atoms with Gasteiger partial charge in [0.2, 0.25) is 0 Å². The maximum atomic E-state index is 2.73.